The molecule has 1 aromatic carbocycles. The number of hydrogen-bond acceptors (Lipinski definition) is 3. The van der Waals surface area contributed by atoms with Crippen LogP contribution in [0.15, 0.2) is 29.4 Å². The topological polar surface area (TPSA) is 28.5 Å². The molecule has 0 N–H and O–H groups in total. The molecule has 0 bridgehead atoms. The van der Waals surface area contributed by atoms with Gasteiger partial charge in [-0.3, -0.25) is 5.01 Å². The second-order valence-electron chi connectivity index (χ2n) is 5.32. The SMILES string of the molecule is Cc1ccc2cc(/C=N\N3CCCCC3)c(Cl)nc2c1. The number of pyridine rings is 1. The summed E-state index contributed by atoms with van der Waals surface area (Å²) in [6.07, 6.45) is 5.59. The largest absolute Gasteiger partial charge is 0.297 e. The van der Waals surface area contributed by atoms with Gasteiger partial charge in [0.15, 0.2) is 0 Å². The van der Waals surface area contributed by atoms with Gasteiger partial charge >= 0.3 is 0 Å². The average molecular weight is 288 g/mol. The zero-order valence-electron chi connectivity index (χ0n) is 11.6. The van der Waals surface area contributed by atoms with Crippen molar-refractivity contribution in [3.05, 3.63) is 40.5 Å². The molecule has 3 rings (SSSR count). The Balaban J connectivity index is 1.89. The van der Waals surface area contributed by atoms with E-state index in [1.807, 2.05) is 12.3 Å². The highest BCUT2D eigenvalue weighted by molar-refractivity contribution is 6.32. The Morgan fingerprint density at radius 3 is 2.80 bits per heavy atom. The summed E-state index contributed by atoms with van der Waals surface area (Å²) in [7, 11) is 0. The summed E-state index contributed by atoms with van der Waals surface area (Å²) >= 11 is 6.25. The minimum Gasteiger partial charge on any atom is -0.297 e. The van der Waals surface area contributed by atoms with Crippen molar-refractivity contribution in [2.24, 2.45) is 5.10 Å². The number of nitrogens with zero attached hydrogens (tertiary/aromatic N) is 3. The molecular weight excluding hydrogens is 270 g/mol. The Hall–Kier alpha value is -1.61. The van der Waals surface area contributed by atoms with E-state index >= 15 is 0 Å². The summed E-state index contributed by atoms with van der Waals surface area (Å²) in [5.41, 5.74) is 3.01. The fourth-order valence-corrected chi connectivity index (χ4v) is 2.69. The van der Waals surface area contributed by atoms with E-state index in [1.54, 1.807) is 0 Å². The maximum Gasteiger partial charge on any atom is 0.138 e. The molecule has 1 fully saturated rings. The van der Waals surface area contributed by atoms with E-state index in [4.69, 9.17) is 11.6 Å². The van der Waals surface area contributed by atoms with Gasteiger partial charge in [0.05, 0.1) is 11.7 Å². The molecule has 1 saturated heterocycles. The third-order valence-corrected chi connectivity index (χ3v) is 3.95. The van der Waals surface area contributed by atoms with Crippen molar-refractivity contribution in [3.63, 3.8) is 0 Å². The van der Waals surface area contributed by atoms with Crippen LogP contribution in [0.4, 0.5) is 0 Å². The molecule has 0 amide bonds. The van der Waals surface area contributed by atoms with Crippen LogP contribution in [0, 0.1) is 6.92 Å². The first-order valence-electron chi connectivity index (χ1n) is 7.08. The van der Waals surface area contributed by atoms with Crippen LogP contribution < -0.4 is 0 Å². The summed E-state index contributed by atoms with van der Waals surface area (Å²) in [5, 5.41) is 8.25. The number of hydrazone groups is 1. The molecule has 0 unspecified atom stereocenters. The van der Waals surface area contributed by atoms with E-state index in [2.05, 4.69) is 40.2 Å². The number of benzene rings is 1. The third kappa shape index (κ3) is 2.93. The molecule has 1 aromatic heterocycles. The second kappa shape index (κ2) is 5.80. The molecule has 1 aliphatic rings. The van der Waals surface area contributed by atoms with Crippen molar-refractivity contribution in [2.45, 2.75) is 26.2 Å². The van der Waals surface area contributed by atoms with Gasteiger partial charge in [0.25, 0.3) is 0 Å². The fraction of sp³-hybridized carbons (Fsp3) is 0.375. The van der Waals surface area contributed by atoms with Gasteiger partial charge in [-0.15, -0.1) is 0 Å². The lowest BCUT2D eigenvalue weighted by atomic mass is 10.1. The van der Waals surface area contributed by atoms with Crippen LogP contribution in [-0.4, -0.2) is 29.3 Å². The number of aromatic nitrogens is 1. The van der Waals surface area contributed by atoms with E-state index in [-0.39, 0.29) is 0 Å². The molecule has 2 aromatic rings. The Bertz CT molecular complexity index is 645. The maximum atomic E-state index is 6.25. The van der Waals surface area contributed by atoms with Gasteiger partial charge in [-0.2, -0.15) is 5.10 Å². The summed E-state index contributed by atoms with van der Waals surface area (Å²) in [6, 6.07) is 8.26. The minimum absolute atomic E-state index is 0.517. The number of rotatable bonds is 2. The highest BCUT2D eigenvalue weighted by atomic mass is 35.5. The van der Waals surface area contributed by atoms with Gasteiger partial charge in [0.1, 0.15) is 5.15 Å². The molecule has 0 spiro atoms. The smallest absolute Gasteiger partial charge is 0.138 e. The summed E-state index contributed by atoms with van der Waals surface area (Å²) < 4.78 is 0. The van der Waals surface area contributed by atoms with Crippen LogP contribution in [0.1, 0.15) is 30.4 Å². The lowest BCUT2D eigenvalue weighted by Gasteiger charge is -2.23. The van der Waals surface area contributed by atoms with E-state index in [0.29, 0.717) is 5.15 Å². The molecule has 3 nitrogen and oxygen atoms in total. The first-order chi connectivity index (χ1) is 9.72. The molecule has 20 heavy (non-hydrogen) atoms. The first-order valence-corrected chi connectivity index (χ1v) is 7.46. The fourth-order valence-electron chi connectivity index (χ4n) is 2.50. The maximum absolute atomic E-state index is 6.25. The van der Waals surface area contributed by atoms with Crippen molar-refractivity contribution in [1.29, 1.82) is 0 Å². The molecular formula is C16H18ClN3. The van der Waals surface area contributed by atoms with Gasteiger partial charge in [-0.25, -0.2) is 4.98 Å². The van der Waals surface area contributed by atoms with Crippen molar-refractivity contribution in [2.75, 3.05) is 13.1 Å². The predicted octanol–water partition coefficient (Wildman–Crippen LogP) is 4.02. The standard InChI is InChI=1S/C16H18ClN3/c1-12-5-6-13-10-14(16(17)19-15(13)9-12)11-18-20-7-3-2-4-8-20/h5-6,9-11H,2-4,7-8H2,1H3/b18-11-. The summed E-state index contributed by atoms with van der Waals surface area (Å²) in [5.74, 6) is 0. The molecule has 2 heterocycles. The number of fused-ring (bicyclic) bond motifs is 1. The summed E-state index contributed by atoms with van der Waals surface area (Å²) in [4.78, 5) is 4.46. The number of hydrogen-bond donors (Lipinski definition) is 0. The van der Waals surface area contributed by atoms with Crippen LogP contribution >= 0.6 is 11.6 Å². The molecule has 104 valence electrons. The van der Waals surface area contributed by atoms with Gasteiger partial charge in [0.2, 0.25) is 0 Å². The predicted molar refractivity (Wildman–Crippen MR) is 84.5 cm³/mol. The molecule has 0 radical (unpaired) electrons. The van der Waals surface area contributed by atoms with E-state index < -0.39 is 0 Å². The molecule has 1 aliphatic heterocycles. The highest BCUT2D eigenvalue weighted by Crippen LogP contribution is 2.20. The van der Waals surface area contributed by atoms with Crippen molar-refractivity contribution >= 4 is 28.7 Å². The zero-order valence-corrected chi connectivity index (χ0v) is 12.4. The average Bonchev–Trinajstić information content (AvgIpc) is 2.46. The Kier molecular flexibility index (Phi) is 3.88. The van der Waals surface area contributed by atoms with E-state index in [0.717, 1.165) is 29.6 Å². The van der Waals surface area contributed by atoms with Crippen LogP contribution in [-0.2, 0) is 0 Å². The second-order valence-corrected chi connectivity index (χ2v) is 5.68. The van der Waals surface area contributed by atoms with Crippen LogP contribution in [0.5, 0.6) is 0 Å². The van der Waals surface area contributed by atoms with Gasteiger partial charge in [-0.1, -0.05) is 23.7 Å². The Morgan fingerprint density at radius 1 is 1.20 bits per heavy atom. The van der Waals surface area contributed by atoms with Gasteiger partial charge < -0.3 is 0 Å². The molecule has 4 heteroatoms. The highest BCUT2D eigenvalue weighted by Gasteiger charge is 2.07. The number of halogens is 1. The van der Waals surface area contributed by atoms with Crippen molar-refractivity contribution in [3.8, 4) is 0 Å². The monoisotopic (exact) mass is 287 g/mol. The molecule has 0 saturated carbocycles. The van der Waals surface area contributed by atoms with Crippen molar-refractivity contribution in [1.82, 2.24) is 9.99 Å². The quantitative estimate of drug-likeness (QED) is 0.616. The first kappa shape index (κ1) is 13.4. The third-order valence-electron chi connectivity index (χ3n) is 3.65. The lowest BCUT2D eigenvalue weighted by Crippen LogP contribution is -2.24. The van der Waals surface area contributed by atoms with Crippen LogP contribution in [0.3, 0.4) is 0 Å². The number of piperidine rings is 1. The zero-order chi connectivity index (χ0) is 13.9. The van der Waals surface area contributed by atoms with Gasteiger partial charge in [-0.05, 0) is 43.9 Å². The normalized spacial score (nSPS) is 16.2. The lowest BCUT2D eigenvalue weighted by molar-refractivity contribution is 0.240. The van der Waals surface area contributed by atoms with E-state index in [9.17, 15) is 0 Å². The minimum atomic E-state index is 0.517. The van der Waals surface area contributed by atoms with Gasteiger partial charge in [0, 0.05) is 24.0 Å². The molecule has 0 aliphatic carbocycles. The van der Waals surface area contributed by atoms with Crippen LogP contribution in [0.25, 0.3) is 10.9 Å². The molecule has 0 atom stereocenters. The Morgan fingerprint density at radius 2 is 2.00 bits per heavy atom. The van der Waals surface area contributed by atoms with Crippen molar-refractivity contribution < 1.29 is 0 Å². The van der Waals surface area contributed by atoms with E-state index in [1.165, 1.54) is 24.8 Å². The Labute approximate surface area is 124 Å². The van der Waals surface area contributed by atoms with Crippen LogP contribution in [0.2, 0.25) is 5.15 Å². The number of aryl methyl sites for hydroxylation is 1. The summed E-state index contributed by atoms with van der Waals surface area (Å²) in [6.45, 7) is 4.13.